The van der Waals surface area contributed by atoms with Crippen LogP contribution in [-0.4, -0.2) is 36.6 Å². The van der Waals surface area contributed by atoms with Gasteiger partial charge in [-0.15, -0.1) is 0 Å². The minimum atomic E-state index is -3.73. The zero-order valence-corrected chi connectivity index (χ0v) is 13.5. The predicted octanol–water partition coefficient (Wildman–Crippen LogP) is 2.11. The number of sulfonamides is 1. The third-order valence-corrected chi connectivity index (χ3v) is 4.99. The van der Waals surface area contributed by atoms with E-state index in [9.17, 15) is 8.42 Å². The number of aliphatic hydroxyl groups excluding tert-OH is 1. The number of nitrogens with zero attached hydrogens (tertiary/aromatic N) is 2. The van der Waals surface area contributed by atoms with Crippen molar-refractivity contribution < 1.29 is 13.5 Å². The van der Waals surface area contributed by atoms with Gasteiger partial charge in [0.15, 0.2) is 5.03 Å². The van der Waals surface area contributed by atoms with Gasteiger partial charge in [-0.05, 0) is 18.6 Å². The number of aromatic amines is 1. The van der Waals surface area contributed by atoms with Crippen molar-refractivity contribution in [1.29, 1.82) is 0 Å². The third kappa shape index (κ3) is 3.48. The smallest absolute Gasteiger partial charge is 0.281 e. The van der Waals surface area contributed by atoms with Gasteiger partial charge >= 0.3 is 0 Å². The molecule has 0 saturated carbocycles. The van der Waals surface area contributed by atoms with Gasteiger partial charge in [-0.1, -0.05) is 32.0 Å². The molecule has 2 rings (SSSR count). The van der Waals surface area contributed by atoms with Gasteiger partial charge in [0.05, 0.1) is 11.9 Å². The first-order valence-corrected chi connectivity index (χ1v) is 8.64. The van der Waals surface area contributed by atoms with E-state index in [4.69, 9.17) is 5.11 Å². The third-order valence-electron chi connectivity index (χ3n) is 3.25. The Morgan fingerprint density at radius 1 is 1.27 bits per heavy atom. The van der Waals surface area contributed by atoms with Crippen molar-refractivity contribution >= 4 is 15.7 Å². The normalized spacial score (nSPS) is 11.8. The van der Waals surface area contributed by atoms with E-state index in [1.807, 2.05) is 19.9 Å². The molecule has 0 unspecified atom stereocenters. The van der Waals surface area contributed by atoms with E-state index in [0.717, 1.165) is 0 Å². The van der Waals surface area contributed by atoms with Crippen LogP contribution in [-0.2, 0) is 10.0 Å². The van der Waals surface area contributed by atoms with E-state index < -0.39 is 10.0 Å². The van der Waals surface area contributed by atoms with Gasteiger partial charge in [0.25, 0.3) is 10.0 Å². The van der Waals surface area contributed by atoms with Crippen LogP contribution < -0.4 is 4.31 Å². The fourth-order valence-corrected chi connectivity index (χ4v) is 3.48. The molecule has 0 radical (unpaired) electrons. The standard InChI is InChI=1S/C15H21N3O3S/c1-12(2)15-16-11-14(17-15)22(20,21)18(9-6-10-19)13-7-4-3-5-8-13/h3-5,7-8,11-12,19H,6,9-10H2,1-2H3,(H,16,17). The Morgan fingerprint density at radius 2 is 1.95 bits per heavy atom. The number of benzene rings is 1. The Labute approximate surface area is 130 Å². The van der Waals surface area contributed by atoms with Crippen molar-refractivity contribution in [2.75, 3.05) is 17.5 Å². The molecule has 0 fully saturated rings. The highest BCUT2D eigenvalue weighted by Crippen LogP contribution is 2.23. The molecule has 0 aliphatic carbocycles. The van der Waals surface area contributed by atoms with E-state index in [2.05, 4.69) is 9.97 Å². The summed E-state index contributed by atoms with van der Waals surface area (Å²) in [5.41, 5.74) is 0.566. The van der Waals surface area contributed by atoms with E-state index in [-0.39, 0.29) is 24.1 Å². The molecule has 0 saturated heterocycles. The van der Waals surface area contributed by atoms with Crippen molar-refractivity contribution in [1.82, 2.24) is 9.97 Å². The summed E-state index contributed by atoms with van der Waals surface area (Å²) in [4.78, 5) is 7.00. The first kappa shape index (κ1) is 16.5. The lowest BCUT2D eigenvalue weighted by Gasteiger charge is -2.23. The first-order valence-electron chi connectivity index (χ1n) is 7.20. The van der Waals surface area contributed by atoms with Crippen LogP contribution in [0.5, 0.6) is 0 Å². The molecule has 0 bridgehead atoms. The highest BCUT2D eigenvalue weighted by molar-refractivity contribution is 7.92. The zero-order chi connectivity index (χ0) is 16.2. The molecule has 0 atom stereocenters. The second-order valence-electron chi connectivity index (χ2n) is 5.28. The minimum Gasteiger partial charge on any atom is -0.396 e. The van der Waals surface area contributed by atoms with Gasteiger partial charge in [-0.3, -0.25) is 4.31 Å². The molecule has 1 aromatic heterocycles. The van der Waals surface area contributed by atoms with E-state index in [1.54, 1.807) is 24.3 Å². The van der Waals surface area contributed by atoms with Gasteiger partial charge < -0.3 is 10.1 Å². The Morgan fingerprint density at radius 3 is 2.50 bits per heavy atom. The number of hydrogen-bond donors (Lipinski definition) is 2. The topological polar surface area (TPSA) is 86.3 Å². The quantitative estimate of drug-likeness (QED) is 0.817. The summed E-state index contributed by atoms with van der Waals surface area (Å²) in [6.45, 7) is 4.02. The summed E-state index contributed by atoms with van der Waals surface area (Å²) in [5, 5.41) is 9.10. The summed E-state index contributed by atoms with van der Waals surface area (Å²) in [6.07, 6.45) is 1.71. The number of H-pyrrole nitrogens is 1. The maximum absolute atomic E-state index is 12.8. The van der Waals surface area contributed by atoms with Gasteiger partial charge in [-0.25, -0.2) is 4.98 Å². The SMILES string of the molecule is CC(C)c1ncc(S(=O)(=O)N(CCCO)c2ccccc2)[nH]1. The maximum atomic E-state index is 12.8. The van der Waals surface area contributed by atoms with Crippen LogP contribution in [0.1, 0.15) is 32.0 Å². The number of aliphatic hydroxyl groups is 1. The van der Waals surface area contributed by atoms with Gasteiger partial charge in [0.1, 0.15) is 5.82 Å². The van der Waals surface area contributed by atoms with Crippen LogP contribution in [0, 0.1) is 0 Å². The molecular formula is C15H21N3O3S. The Kier molecular flexibility index (Phi) is 5.20. The number of anilines is 1. The lowest BCUT2D eigenvalue weighted by Crippen LogP contribution is -2.32. The molecule has 7 heteroatoms. The predicted molar refractivity (Wildman–Crippen MR) is 85.4 cm³/mol. The van der Waals surface area contributed by atoms with Crippen molar-refractivity contribution in [2.45, 2.75) is 31.2 Å². The summed E-state index contributed by atoms with van der Waals surface area (Å²) >= 11 is 0. The molecule has 0 amide bonds. The average Bonchev–Trinajstić information content (AvgIpc) is 2.99. The van der Waals surface area contributed by atoms with Crippen LogP contribution in [0.4, 0.5) is 5.69 Å². The van der Waals surface area contributed by atoms with Gasteiger partial charge in [0.2, 0.25) is 0 Å². The first-order chi connectivity index (χ1) is 10.5. The average molecular weight is 323 g/mol. The summed E-state index contributed by atoms with van der Waals surface area (Å²) in [7, 11) is -3.73. The van der Waals surface area contributed by atoms with Crippen molar-refractivity contribution in [3.05, 3.63) is 42.4 Å². The highest BCUT2D eigenvalue weighted by atomic mass is 32.2. The summed E-state index contributed by atoms with van der Waals surface area (Å²) in [6, 6.07) is 8.85. The molecule has 1 heterocycles. The highest BCUT2D eigenvalue weighted by Gasteiger charge is 2.26. The molecule has 0 aliphatic heterocycles. The van der Waals surface area contributed by atoms with Gasteiger partial charge in [0, 0.05) is 19.1 Å². The molecule has 2 N–H and O–H groups in total. The number of aromatic nitrogens is 2. The summed E-state index contributed by atoms with van der Waals surface area (Å²) < 4.78 is 27.0. The second kappa shape index (κ2) is 6.93. The Balaban J connectivity index is 2.40. The lowest BCUT2D eigenvalue weighted by molar-refractivity contribution is 0.291. The van der Waals surface area contributed by atoms with E-state index in [0.29, 0.717) is 17.9 Å². The molecule has 1 aromatic carbocycles. The van der Waals surface area contributed by atoms with Crippen LogP contribution in [0.3, 0.4) is 0 Å². The Hall–Kier alpha value is -1.86. The molecule has 22 heavy (non-hydrogen) atoms. The number of rotatable bonds is 7. The fourth-order valence-electron chi connectivity index (χ4n) is 2.06. The Bertz CT molecular complexity index is 696. The number of imidazole rings is 1. The number of nitrogens with one attached hydrogen (secondary N) is 1. The fraction of sp³-hybridized carbons (Fsp3) is 0.400. The molecule has 0 aliphatic rings. The van der Waals surface area contributed by atoms with Crippen molar-refractivity contribution in [2.24, 2.45) is 0 Å². The van der Waals surface area contributed by atoms with Crippen LogP contribution in [0.15, 0.2) is 41.6 Å². The van der Waals surface area contributed by atoms with E-state index >= 15 is 0 Å². The monoisotopic (exact) mass is 323 g/mol. The van der Waals surface area contributed by atoms with Crippen LogP contribution in [0.25, 0.3) is 0 Å². The molecule has 2 aromatic rings. The largest absolute Gasteiger partial charge is 0.396 e. The zero-order valence-electron chi connectivity index (χ0n) is 12.7. The van der Waals surface area contributed by atoms with Gasteiger partial charge in [-0.2, -0.15) is 8.42 Å². The molecule has 6 nitrogen and oxygen atoms in total. The second-order valence-corrected chi connectivity index (χ2v) is 7.11. The van der Waals surface area contributed by atoms with E-state index in [1.165, 1.54) is 10.5 Å². The molecule has 0 spiro atoms. The van der Waals surface area contributed by atoms with Crippen LogP contribution in [0.2, 0.25) is 0 Å². The summed E-state index contributed by atoms with van der Waals surface area (Å²) in [5.74, 6) is 0.750. The minimum absolute atomic E-state index is 0.0676. The van der Waals surface area contributed by atoms with Crippen molar-refractivity contribution in [3.8, 4) is 0 Å². The maximum Gasteiger partial charge on any atom is 0.281 e. The molecular weight excluding hydrogens is 302 g/mol. The number of para-hydroxylation sites is 1. The molecule has 120 valence electrons. The number of hydrogen-bond acceptors (Lipinski definition) is 4. The lowest BCUT2D eigenvalue weighted by atomic mass is 10.2. The van der Waals surface area contributed by atoms with Crippen molar-refractivity contribution in [3.63, 3.8) is 0 Å². The van der Waals surface area contributed by atoms with Crippen LogP contribution >= 0.6 is 0 Å².